The molecular formula is C17H18N2O4. The topological polar surface area (TPSA) is 79.7 Å². The quantitative estimate of drug-likeness (QED) is 0.928. The smallest absolute Gasteiger partial charge is 0.334 e. The van der Waals surface area contributed by atoms with Crippen molar-refractivity contribution in [1.82, 2.24) is 9.88 Å². The number of aromatic nitrogens is 1. The highest BCUT2D eigenvalue weighted by molar-refractivity contribution is 5.88. The number of aliphatic carboxylic acids is 1. The number of ether oxygens (including phenoxy) is 1. The van der Waals surface area contributed by atoms with Gasteiger partial charge >= 0.3 is 5.97 Å². The molecule has 1 amide bonds. The minimum atomic E-state index is -1.04. The monoisotopic (exact) mass is 314 g/mol. The number of nitrogens with zero attached hydrogens (tertiary/aromatic N) is 2. The Kier molecular flexibility index (Phi) is 4.25. The molecule has 0 radical (unpaired) electrons. The highest BCUT2D eigenvalue weighted by Crippen LogP contribution is 2.18. The lowest BCUT2D eigenvalue weighted by Crippen LogP contribution is -2.52. The van der Waals surface area contributed by atoms with E-state index in [9.17, 15) is 9.59 Å². The zero-order valence-electron chi connectivity index (χ0n) is 12.8. The summed E-state index contributed by atoms with van der Waals surface area (Å²) in [4.78, 5) is 29.6. The average Bonchev–Trinajstić information content (AvgIpc) is 2.54. The molecule has 6 heteroatoms. The van der Waals surface area contributed by atoms with Crippen LogP contribution in [0.25, 0.3) is 10.9 Å². The molecule has 1 fully saturated rings. The number of benzene rings is 1. The summed E-state index contributed by atoms with van der Waals surface area (Å²) in [5.74, 6) is -1.15. The minimum absolute atomic E-state index is 0.0801. The molecule has 1 aliphatic rings. The molecule has 23 heavy (non-hydrogen) atoms. The summed E-state index contributed by atoms with van der Waals surface area (Å²) in [6, 6.07) is 9.54. The zero-order chi connectivity index (χ0) is 16.4. The maximum atomic E-state index is 12.6. The van der Waals surface area contributed by atoms with Crippen molar-refractivity contribution in [2.45, 2.75) is 25.6 Å². The number of pyridine rings is 1. The van der Waals surface area contributed by atoms with Crippen LogP contribution in [0.2, 0.25) is 0 Å². The van der Waals surface area contributed by atoms with Gasteiger partial charge in [-0.1, -0.05) is 24.3 Å². The molecule has 2 atom stereocenters. The second-order valence-electron chi connectivity index (χ2n) is 5.74. The van der Waals surface area contributed by atoms with Gasteiger partial charge in [0.05, 0.1) is 24.6 Å². The van der Waals surface area contributed by atoms with Crippen LogP contribution in [-0.2, 0) is 20.7 Å². The molecule has 1 aliphatic heterocycles. The van der Waals surface area contributed by atoms with Gasteiger partial charge in [-0.25, -0.2) is 4.79 Å². The molecule has 0 saturated carbocycles. The lowest BCUT2D eigenvalue weighted by molar-refractivity contribution is -0.166. The number of carbonyl (C=O) groups excluding carboxylic acids is 1. The van der Waals surface area contributed by atoms with Crippen molar-refractivity contribution >= 4 is 22.8 Å². The van der Waals surface area contributed by atoms with Crippen molar-refractivity contribution in [3.8, 4) is 0 Å². The normalized spacial score (nSPS) is 21.3. The average molecular weight is 314 g/mol. The lowest BCUT2D eigenvalue weighted by Gasteiger charge is -2.35. The zero-order valence-corrected chi connectivity index (χ0v) is 12.8. The Morgan fingerprint density at radius 3 is 2.87 bits per heavy atom. The number of carbonyl (C=O) groups is 2. The number of fused-ring (bicyclic) bond motifs is 1. The fourth-order valence-corrected chi connectivity index (χ4v) is 2.88. The second-order valence-corrected chi connectivity index (χ2v) is 5.74. The van der Waals surface area contributed by atoms with Crippen LogP contribution in [0.1, 0.15) is 12.5 Å². The molecule has 2 heterocycles. The summed E-state index contributed by atoms with van der Waals surface area (Å²) >= 11 is 0. The first kappa shape index (κ1) is 15.4. The fraction of sp³-hybridized carbons (Fsp3) is 0.353. The van der Waals surface area contributed by atoms with Crippen molar-refractivity contribution in [2.75, 3.05) is 13.1 Å². The molecule has 1 aromatic heterocycles. The maximum Gasteiger partial charge on any atom is 0.334 e. The van der Waals surface area contributed by atoms with Gasteiger partial charge in [-0.2, -0.15) is 0 Å². The van der Waals surface area contributed by atoms with Crippen LogP contribution in [0.4, 0.5) is 0 Å². The van der Waals surface area contributed by atoms with Gasteiger partial charge in [0.1, 0.15) is 0 Å². The standard InChI is InChI=1S/C17H18N2O4/c1-11-9-19(10-14(23-11)17(21)22)15(20)8-13-5-2-4-12-6-3-7-18-16(12)13/h2-7,11,14H,8-10H2,1H3,(H,21,22)/t11-,14?/m1/s1. The largest absolute Gasteiger partial charge is 0.479 e. The third-order valence-corrected chi connectivity index (χ3v) is 3.95. The maximum absolute atomic E-state index is 12.6. The molecule has 0 aliphatic carbocycles. The minimum Gasteiger partial charge on any atom is -0.479 e. The lowest BCUT2D eigenvalue weighted by atomic mass is 10.1. The van der Waals surface area contributed by atoms with Crippen LogP contribution >= 0.6 is 0 Å². The Morgan fingerprint density at radius 1 is 1.30 bits per heavy atom. The molecule has 120 valence electrons. The first-order valence-corrected chi connectivity index (χ1v) is 7.53. The van der Waals surface area contributed by atoms with Crippen LogP contribution in [0.3, 0.4) is 0 Å². The summed E-state index contributed by atoms with van der Waals surface area (Å²) < 4.78 is 5.34. The molecule has 2 aromatic rings. The molecule has 6 nitrogen and oxygen atoms in total. The Bertz CT molecular complexity index is 741. The van der Waals surface area contributed by atoms with Crippen LogP contribution in [0.5, 0.6) is 0 Å². The number of amides is 1. The van der Waals surface area contributed by atoms with Gasteiger partial charge in [-0.3, -0.25) is 9.78 Å². The summed E-state index contributed by atoms with van der Waals surface area (Å²) in [6.45, 7) is 2.26. The first-order valence-electron chi connectivity index (χ1n) is 7.53. The molecule has 0 bridgehead atoms. The van der Waals surface area contributed by atoms with Gasteiger partial charge in [0, 0.05) is 18.1 Å². The van der Waals surface area contributed by atoms with E-state index in [1.807, 2.05) is 30.3 Å². The van der Waals surface area contributed by atoms with Crippen molar-refractivity contribution < 1.29 is 19.4 Å². The van der Waals surface area contributed by atoms with Crippen molar-refractivity contribution in [3.05, 3.63) is 42.1 Å². The Balaban J connectivity index is 1.79. The second kappa shape index (κ2) is 6.34. The summed E-state index contributed by atoms with van der Waals surface area (Å²) in [5, 5.41) is 10.1. The molecule has 1 aromatic carbocycles. The van der Waals surface area contributed by atoms with E-state index in [1.54, 1.807) is 18.0 Å². The van der Waals surface area contributed by atoms with Gasteiger partial charge in [-0.15, -0.1) is 0 Å². The van der Waals surface area contributed by atoms with E-state index in [-0.39, 0.29) is 25.0 Å². The molecule has 1 N–H and O–H groups in total. The number of rotatable bonds is 3. The van der Waals surface area contributed by atoms with Crippen molar-refractivity contribution in [1.29, 1.82) is 0 Å². The molecule has 1 saturated heterocycles. The van der Waals surface area contributed by atoms with Crippen LogP contribution in [-0.4, -0.2) is 52.2 Å². The van der Waals surface area contributed by atoms with E-state index in [0.29, 0.717) is 6.54 Å². The number of hydrogen-bond donors (Lipinski definition) is 1. The van der Waals surface area contributed by atoms with E-state index in [4.69, 9.17) is 9.84 Å². The first-order chi connectivity index (χ1) is 11.0. The molecule has 1 unspecified atom stereocenters. The number of carboxylic acids is 1. The summed E-state index contributed by atoms with van der Waals surface area (Å²) in [5.41, 5.74) is 1.65. The van der Waals surface area contributed by atoms with E-state index >= 15 is 0 Å². The Labute approximate surface area is 133 Å². The number of morpholine rings is 1. The van der Waals surface area contributed by atoms with Crippen LogP contribution in [0, 0.1) is 0 Å². The number of carboxylic acid groups (broad SMARTS) is 1. The van der Waals surface area contributed by atoms with E-state index < -0.39 is 12.1 Å². The van der Waals surface area contributed by atoms with Crippen LogP contribution in [0.15, 0.2) is 36.5 Å². The van der Waals surface area contributed by atoms with Crippen LogP contribution < -0.4 is 0 Å². The van der Waals surface area contributed by atoms with E-state index in [0.717, 1.165) is 16.5 Å². The predicted molar refractivity (Wildman–Crippen MR) is 84.0 cm³/mol. The number of para-hydroxylation sites is 1. The molecule has 3 rings (SSSR count). The summed E-state index contributed by atoms with van der Waals surface area (Å²) in [6.07, 6.45) is 0.647. The van der Waals surface area contributed by atoms with Gasteiger partial charge in [0.25, 0.3) is 0 Å². The highest BCUT2D eigenvalue weighted by atomic mass is 16.5. The Morgan fingerprint density at radius 2 is 2.09 bits per heavy atom. The predicted octanol–water partition coefficient (Wildman–Crippen LogP) is 1.48. The van der Waals surface area contributed by atoms with E-state index in [1.165, 1.54) is 0 Å². The van der Waals surface area contributed by atoms with Gasteiger partial charge in [0.15, 0.2) is 6.10 Å². The third kappa shape index (κ3) is 3.32. The van der Waals surface area contributed by atoms with Gasteiger partial charge in [-0.05, 0) is 18.6 Å². The van der Waals surface area contributed by atoms with Gasteiger partial charge < -0.3 is 14.7 Å². The van der Waals surface area contributed by atoms with E-state index in [2.05, 4.69) is 4.98 Å². The SMILES string of the molecule is C[C@@H]1CN(C(=O)Cc2cccc3cccnc23)CC(C(=O)O)O1. The Hall–Kier alpha value is -2.47. The molecular weight excluding hydrogens is 296 g/mol. The molecule has 0 spiro atoms. The summed E-state index contributed by atoms with van der Waals surface area (Å²) in [7, 11) is 0. The van der Waals surface area contributed by atoms with Gasteiger partial charge in [0.2, 0.25) is 5.91 Å². The number of hydrogen-bond acceptors (Lipinski definition) is 4. The fourth-order valence-electron chi connectivity index (χ4n) is 2.88. The van der Waals surface area contributed by atoms with Crippen molar-refractivity contribution in [2.24, 2.45) is 0 Å². The highest BCUT2D eigenvalue weighted by Gasteiger charge is 2.32. The van der Waals surface area contributed by atoms with Crippen molar-refractivity contribution in [3.63, 3.8) is 0 Å². The third-order valence-electron chi connectivity index (χ3n) is 3.95.